The van der Waals surface area contributed by atoms with Crippen molar-refractivity contribution in [3.63, 3.8) is 0 Å². The Morgan fingerprint density at radius 2 is 1.77 bits per heavy atom. The summed E-state index contributed by atoms with van der Waals surface area (Å²) in [6.45, 7) is -0.398. The van der Waals surface area contributed by atoms with Crippen LogP contribution in [0.1, 0.15) is 5.56 Å². The molecule has 0 aliphatic heterocycles. The number of amides is 1. The summed E-state index contributed by atoms with van der Waals surface area (Å²) in [4.78, 5) is 11.4. The zero-order valence-electron chi connectivity index (χ0n) is 14.2. The van der Waals surface area contributed by atoms with Gasteiger partial charge in [0.1, 0.15) is 0 Å². The van der Waals surface area contributed by atoms with Gasteiger partial charge in [0.15, 0.2) is 6.67 Å². The summed E-state index contributed by atoms with van der Waals surface area (Å²) in [7, 11) is 0. The van der Waals surface area contributed by atoms with Crippen LogP contribution in [0.2, 0.25) is 0 Å². The van der Waals surface area contributed by atoms with Crippen molar-refractivity contribution in [2.24, 2.45) is 0 Å². The number of rotatable bonds is 6. The van der Waals surface area contributed by atoms with E-state index in [1.165, 1.54) is 0 Å². The van der Waals surface area contributed by atoms with Crippen LogP contribution in [0.5, 0.6) is 0 Å². The number of carbonyl (C=O) groups excluding carboxylic acids is 1. The van der Waals surface area contributed by atoms with Crippen LogP contribution in [-0.2, 0) is 11.3 Å². The largest absolute Gasteiger partial charge is 0.399 e. The molecule has 0 aliphatic rings. The van der Waals surface area contributed by atoms with Gasteiger partial charge in [0.2, 0.25) is 0 Å². The van der Waals surface area contributed by atoms with Crippen molar-refractivity contribution in [1.82, 2.24) is 0 Å². The number of alkyl halides is 1. The SMILES string of the molecule is Nc1cccc(CNc2cccc(-c3ccccc3NC(=O)CF)c2)c1. The quantitative estimate of drug-likeness (QED) is 0.576. The Morgan fingerprint density at radius 3 is 2.58 bits per heavy atom. The molecular formula is C21H20FN3O. The van der Waals surface area contributed by atoms with Gasteiger partial charge in [-0.1, -0.05) is 42.5 Å². The lowest BCUT2D eigenvalue weighted by Crippen LogP contribution is -2.13. The van der Waals surface area contributed by atoms with Crippen molar-refractivity contribution < 1.29 is 9.18 Å². The molecule has 0 aromatic heterocycles. The van der Waals surface area contributed by atoms with Gasteiger partial charge in [-0.15, -0.1) is 0 Å². The highest BCUT2D eigenvalue weighted by Gasteiger charge is 2.08. The number of nitrogens with two attached hydrogens (primary N) is 1. The molecule has 3 aromatic rings. The Labute approximate surface area is 151 Å². The van der Waals surface area contributed by atoms with E-state index >= 15 is 0 Å². The standard InChI is InChI=1S/C21H20FN3O/c22-13-21(26)25-20-10-2-1-9-19(20)16-6-4-8-18(12-16)24-14-15-5-3-7-17(23)11-15/h1-12,24H,13-14,23H2,(H,25,26). The molecule has 4 nitrogen and oxygen atoms in total. The second kappa shape index (κ2) is 8.16. The summed E-state index contributed by atoms with van der Waals surface area (Å²) in [6, 6.07) is 22.9. The number of hydrogen-bond donors (Lipinski definition) is 3. The first-order chi connectivity index (χ1) is 12.7. The van der Waals surface area contributed by atoms with Crippen molar-refractivity contribution in [1.29, 1.82) is 0 Å². The molecule has 0 fully saturated rings. The minimum Gasteiger partial charge on any atom is -0.399 e. The van der Waals surface area contributed by atoms with Crippen molar-refractivity contribution in [2.75, 3.05) is 23.0 Å². The van der Waals surface area contributed by atoms with Gasteiger partial charge < -0.3 is 16.4 Å². The molecule has 0 unspecified atom stereocenters. The van der Waals surface area contributed by atoms with Crippen LogP contribution < -0.4 is 16.4 Å². The highest BCUT2D eigenvalue weighted by molar-refractivity contribution is 5.96. The Bertz CT molecular complexity index is 911. The molecule has 0 saturated carbocycles. The number of anilines is 3. The fourth-order valence-electron chi connectivity index (χ4n) is 2.73. The fourth-order valence-corrected chi connectivity index (χ4v) is 2.73. The monoisotopic (exact) mass is 349 g/mol. The molecule has 26 heavy (non-hydrogen) atoms. The predicted molar refractivity (Wildman–Crippen MR) is 105 cm³/mol. The van der Waals surface area contributed by atoms with Gasteiger partial charge in [0.05, 0.1) is 0 Å². The minimum atomic E-state index is -1.05. The zero-order valence-corrected chi connectivity index (χ0v) is 14.2. The van der Waals surface area contributed by atoms with Crippen LogP contribution in [-0.4, -0.2) is 12.6 Å². The molecule has 0 aliphatic carbocycles. The number of nitrogen functional groups attached to an aromatic ring is 1. The summed E-state index contributed by atoms with van der Waals surface area (Å²) < 4.78 is 12.5. The van der Waals surface area contributed by atoms with Gasteiger partial charge >= 0.3 is 0 Å². The van der Waals surface area contributed by atoms with Crippen molar-refractivity contribution in [3.05, 3.63) is 78.4 Å². The van der Waals surface area contributed by atoms with Gasteiger partial charge in [-0.2, -0.15) is 0 Å². The minimum absolute atomic E-state index is 0.586. The average Bonchev–Trinajstić information content (AvgIpc) is 2.67. The first-order valence-corrected chi connectivity index (χ1v) is 8.29. The molecular weight excluding hydrogens is 329 g/mol. The molecule has 3 aromatic carbocycles. The summed E-state index contributed by atoms with van der Waals surface area (Å²) in [6.07, 6.45) is 0. The van der Waals surface area contributed by atoms with E-state index in [-0.39, 0.29) is 0 Å². The van der Waals surface area contributed by atoms with E-state index in [1.807, 2.05) is 60.7 Å². The van der Waals surface area contributed by atoms with Crippen LogP contribution >= 0.6 is 0 Å². The number of halogens is 1. The Balaban J connectivity index is 1.80. The molecule has 1 amide bonds. The first kappa shape index (κ1) is 17.5. The van der Waals surface area contributed by atoms with Crippen LogP contribution in [0, 0.1) is 0 Å². The normalized spacial score (nSPS) is 10.3. The summed E-state index contributed by atoms with van der Waals surface area (Å²) in [5, 5.41) is 5.96. The van der Waals surface area contributed by atoms with E-state index in [0.29, 0.717) is 12.2 Å². The number of hydrogen-bond acceptors (Lipinski definition) is 3. The van der Waals surface area contributed by atoms with Gasteiger partial charge in [-0.25, -0.2) is 4.39 Å². The Hall–Kier alpha value is -3.34. The fraction of sp³-hybridized carbons (Fsp3) is 0.0952. The Morgan fingerprint density at radius 1 is 0.962 bits per heavy atom. The number of nitrogens with one attached hydrogen (secondary N) is 2. The summed E-state index contributed by atoms with van der Waals surface area (Å²) >= 11 is 0. The van der Waals surface area contributed by atoms with E-state index in [1.54, 1.807) is 12.1 Å². The van der Waals surface area contributed by atoms with Crippen LogP contribution in [0.3, 0.4) is 0 Å². The topological polar surface area (TPSA) is 67.2 Å². The number of para-hydroxylation sites is 1. The van der Waals surface area contributed by atoms with E-state index in [4.69, 9.17) is 5.73 Å². The molecule has 0 bridgehead atoms. The van der Waals surface area contributed by atoms with Crippen LogP contribution in [0.15, 0.2) is 72.8 Å². The van der Waals surface area contributed by atoms with E-state index < -0.39 is 12.6 Å². The molecule has 0 spiro atoms. The lowest BCUT2D eigenvalue weighted by atomic mass is 10.0. The van der Waals surface area contributed by atoms with Gasteiger partial charge in [-0.05, 0) is 41.5 Å². The molecule has 0 atom stereocenters. The molecule has 4 N–H and O–H groups in total. The first-order valence-electron chi connectivity index (χ1n) is 8.29. The molecule has 0 radical (unpaired) electrons. The third kappa shape index (κ3) is 4.39. The highest BCUT2D eigenvalue weighted by Crippen LogP contribution is 2.29. The van der Waals surface area contributed by atoms with Crippen LogP contribution in [0.4, 0.5) is 21.5 Å². The maximum absolute atomic E-state index is 12.5. The highest BCUT2D eigenvalue weighted by atomic mass is 19.1. The lowest BCUT2D eigenvalue weighted by molar-refractivity contribution is -0.117. The molecule has 0 saturated heterocycles. The van der Waals surface area contributed by atoms with Gasteiger partial charge in [0.25, 0.3) is 5.91 Å². The summed E-state index contributed by atoms with van der Waals surface area (Å²) in [5.74, 6) is -0.659. The van der Waals surface area contributed by atoms with E-state index in [2.05, 4.69) is 10.6 Å². The van der Waals surface area contributed by atoms with E-state index in [9.17, 15) is 9.18 Å². The lowest BCUT2D eigenvalue weighted by Gasteiger charge is -2.12. The predicted octanol–water partition coefficient (Wildman–Crippen LogP) is 4.46. The third-order valence-electron chi connectivity index (χ3n) is 3.94. The maximum Gasteiger partial charge on any atom is 0.255 e. The number of carbonyl (C=O) groups is 1. The molecule has 0 heterocycles. The maximum atomic E-state index is 12.5. The second-order valence-electron chi connectivity index (χ2n) is 5.91. The molecule has 5 heteroatoms. The molecule has 3 rings (SSSR count). The Kier molecular flexibility index (Phi) is 5.49. The van der Waals surface area contributed by atoms with Crippen molar-refractivity contribution in [3.8, 4) is 11.1 Å². The van der Waals surface area contributed by atoms with Crippen molar-refractivity contribution >= 4 is 23.0 Å². The number of benzene rings is 3. The zero-order chi connectivity index (χ0) is 18.4. The van der Waals surface area contributed by atoms with Crippen LogP contribution in [0.25, 0.3) is 11.1 Å². The average molecular weight is 349 g/mol. The van der Waals surface area contributed by atoms with E-state index in [0.717, 1.165) is 28.1 Å². The van der Waals surface area contributed by atoms with Crippen molar-refractivity contribution in [2.45, 2.75) is 6.54 Å². The summed E-state index contributed by atoms with van der Waals surface area (Å²) in [5.41, 5.74) is 10.9. The molecule has 132 valence electrons. The van der Waals surface area contributed by atoms with Gasteiger partial charge in [-0.3, -0.25) is 4.79 Å². The third-order valence-corrected chi connectivity index (χ3v) is 3.94. The van der Waals surface area contributed by atoms with Gasteiger partial charge in [0, 0.05) is 29.2 Å². The second-order valence-corrected chi connectivity index (χ2v) is 5.91. The smallest absolute Gasteiger partial charge is 0.255 e.